The fourth-order valence-corrected chi connectivity index (χ4v) is 2.62. The van der Waals surface area contributed by atoms with Crippen LogP contribution in [0.4, 0.5) is 0 Å². The summed E-state index contributed by atoms with van der Waals surface area (Å²) in [6, 6.07) is 4.28. The highest BCUT2D eigenvalue weighted by molar-refractivity contribution is 9.10. The Hall–Kier alpha value is -0.810. The van der Waals surface area contributed by atoms with E-state index in [1.165, 1.54) is 12.8 Å². The summed E-state index contributed by atoms with van der Waals surface area (Å²) in [7, 11) is 0. The van der Waals surface area contributed by atoms with Crippen LogP contribution in [0.1, 0.15) is 23.4 Å². The molecule has 1 aliphatic carbocycles. The molecule has 2 fully saturated rings. The number of amides is 1. The first-order chi connectivity index (χ1) is 8.24. The Kier molecular flexibility index (Phi) is 2.96. The van der Waals surface area contributed by atoms with Crippen molar-refractivity contribution in [3.63, 3.8) is 0 Å². The van der Waals surface area contributed by atoms with Gasteiger partial charge in [-0.05, 0) is 40.9 Å². The molecule has 4 nitrogen and oxygen atoms in total. The van der Waals surface area contributed by atoms with Crippen LogP contribution < -0.4 is 0 Å². The van der Waals surface area contributed by atoms with Gasteiger partial charge in [0.2, 0.25) is 0 Å². The minimum atomic E-state index is 0.00569. The molecule has 17 heavy (non-hydrogen) atoms. The molecule has 2 aliphatic rings. The molecule has 1 saturated carbocycles. The van der Waals surface area contributed by atoms with Gasteiger partial charge in [0.1, 0.15) is 0 Å². The van der Waals surface area contributed by atoms with Crippen LogP contribution in [0.3, 0.4) is 0 Å². The van der Waals surface area contributed by atoms with Crippen molar-refractivity contribution in [3.8, 4) is 0 Å². The molecular formula is C12H15BrN2O2. The van der Waals surface area contributed by atoms with Crippen LogP contribution in [0.15, 0.2) is 21.2 Å². The van der Waals surface area contributed by atoms with E-state index in [1.807, 2.05) is 4.90 Å². The summed E-state index contributed by atoms with van der Waals surface area (Å²) in [6.07, 6.45) is 2.66. The molecule has 1 aliphatic heterocycles. The molecule has 0 bridgehead atoms. The van der Waals surface area contributed by atoms with E-state index in [1.54, 1.807) is 12.1 Å². The normalized spacial score (nSPS) is 21.8. The number of piperazine rings is 1. The van der Waals surface area contributed by atoms with E-state index >= 15 is 0 Å². The number of rotatable bonds is 2. The fourth-order valence-electron chi connectivity index (χ4n) is 2.31. The van der Waals surface area contributed by atoms with Gasteiger partial charge in [0, 0.05) is 32.2 Å². The summed E-state index contributed by atoms with van der Waals surface area (Å²) in [4.78, 5) is 16.5. The first-order valence-corrected chi connectivity index (χ1v) is 6.82. The maximum Gasteiger partial charge on any atom is 0.289 e. The Morgan fingerprint density at radius 2 is 1.94 bits per heavy atom. The van der Waals surface area contributed by atoms with Gasteiger partial charge in [0.15, 0.2) is 10.4 Å². The van der Waals surface area contributed by atoms with Crippen molar-refractivity contribution < 1.29 is 9.21 Å². The first kappa shape index (κ1) is 11.3. The number of hydrogen-bond acceptors (Lipinski definition) is 3. The smallest absolute Gasteiger partial charge is 0.289 e. The molecule has 0 N–H and O–H groups in total. The molecule has 2 heterocycles. The van der Waals surface area contributed by atoms with Crippen molar-refractivity contribution in [3.05, 3.63) is 22.6 Å². The standard InChI is InChI=1S/C12H15BrN2O2/c13-11-4-3-10(17-11)12(16)15-7-5-14(6-8-15)9-1-2-9/h3-4,9H,1-2,5-8H2. The van der Waals surface area contributed by atoms with Gasteiger partial charge in [-0.2, -0.15) is 0 Å². The number of carbonyl (C=O) groups excluding carboxylic acids is 1. The summed E-state index contributed by atoms with van der Waals surface area (Å²) in [6.45, 7) is 3.62. The Labute approximate surface area is 109 Å². The Balaban J connectivity index is 1.60. The zero-order valence-corrected chi connectivity index (χ0v) is 11.1. The predicted octanol–water partition coefficient (Wildman–Crippen LogP) is 1.96. The second-order valence-corrected chi connectivity index (χ2v) is 5.44. The molecule has 0 radical (unpaired) electrons. The lowest BCUT2D eigenvalue weighted by molar-refractivity contribution is 0.0595. The van der Waals surface area contributed by atoms with Gasteiger partial charge in [-0.15, -0.1) is 0 Å². The summed E-state index contributed by atoms with van der Waals surface area (Å²) >= 11 is 3.22. The van der Waals surface area contributed by atoms with E-state index in [9.17, 15) is 4.79 Å². The van der Waals surface area contributed by atoms with Gasteiger partial charge >= 0.3 is 0 Å². The second-order valence-electron chi connectivity index (χ2n) is 4.66. The average molecular weight is 299 g/mol. The summed E-state index contributed by atoms with van der Waals surface area (Å²) < 4.78 is 5.91. The molecule has 0 unspecified atom stereocenters. The van der Waals surface area contributed by atoms with Crippen molar-refractivity contribution in [2.75, 3.05) is 26.2 Å². The van der Waals surface area contributed by atoms with Crippen molar-refractivity contribution in [1.82, 2.24) is 9.80 Å². The molecule has 0 spiro atoms. The molecule has 1 aromatic heterocycles. The Bertz CT molecular complexity index is 420. The van der Waals surface area contributed by atoms with E-state index in [-0.39, 0.29) is 5.91 Å². The lowest BCUT2D eigenvalue weighted by Crippen LogP contribution is -2.49. The van der Waals surface area contributed by atoms with E-state index in [0.29, 0.717) is 10.4 Å². The van der Waals surface area contributed by atoms with Gasteiger partial charge in [0.25, 0.3) is 5.91 Å². The molecule has 1 amide bonds. The highest BCUT2D eigenvalue weighted by atomic mass is 79.9. The maximum atomic E-state index is 12.1. The van der Waals surface area contributed by atoms with Gasteiger partial charge in [-0.1, -0.05) is 0 Å². The van der Waals surface area contributed by atoms with Crippen LogP contribution in [-0.2, 0) is 0 Å². The van der Waals surface area contributed by atoms with Crippen LogP contribution in [-0.4, -0.2) is 47.9 Å². The molecule has 3 rings (SSSR count). The van der Waals surface area contributed by atoms with Gasteiger partial charge in [-0.3, -0.25) is 9.69 Å². The summed E-state index contributed by atoms with van der Waals surface area (Å²) in [5.74, 6) is 0.433. The minimum absolute atomic E-state index is 0.00569. The van der Waals surface area contributed by atoms with Gasteiger partial charge in [0.05, 0.1) is 0 Å². The molecular weight excluding hydrogens is 284 g/mol. The third kappa shape index (κ3) is 2.40. The largest absolute Gasteiger partial charge is 0.444 e. The van der Waals surface area contributed by atoms with Crippen LogP contribution in [0, 0.1) is 0 Å². The van der Waals surface area contributed by atoms with Gasteiger partial charge in [-0.25, -0.2) is 0 Å². The highest BCUT2D eigenvalue weighted by Gasteiger charge is 2.32. The molecule has 0 aromatic carbocycles. The SMILES string of the molecule is O=C(c1ccc(Br)o1)N1CCN(C2CC2)CC1. The summed E-state index contributed by atoms with van der Waals surface area (Å²) in [5.41, 5.74) is 0. The first-order valence-electron chi connectivity index (χ1n) is 6.03. The lowest BCUT2D eigenvalue weighted by atomic mass is 10.3. The Morgan fingerprint density at radius 3 is 2.47 bits per heavy atom. The van der Waals surface area contributed by atoms with Crippen molar-refractivity contribution in [2.45, 2.75) is 18.9 Å². The topological polar surface area (TPSA) is 36.7 Å². The van der Waals surface area contributed by atoms with Crippen molar-refractivity contribution in [1.29, 1.82) is 0 Å². The third-order valence-corrected chi connectivity index (χ3v) is 3.87. The highest BCUT2D eigenvalue weighted by Crippen LogP contribution is 2.27. The van der Waals surface area contributed by atoms with Crippen LogP contribution in [0.5, 0.6) is 0 Å². The number of halogens is 1. The van der Waals surface area contributed by atoms with Crippen molar-refractivity contribution >= 4 is 21.8 Å². The maximum absolute atomic E-state index is 12.1. The molecule has 92 valence electrons. The average Bonchev–Trinajstić information content (AvgIpc) is 3.11. The zero-order valence-electron chi connectivity index (χ0n) is 9.56. The molecule has 1 saturated heterocycles. The summed E-state index contributed by atoms with van der Waals surface area (Å²) in [5, 5.41) is 0. The van der Waals surface area contributed by atoms with Crippen LogP contribution >= 0.6 is 15.9 Å². The van der Waals surface area contributed by atoms with E-state index in [2.05, 4.69) is 20.8 Å². The number of carbonyl (C=O) groups is 1. The number of furan rings is 1. The second kappa shape index (κ2) is 4.46. The van der Waals surface area contributed by atoms with Crippen LogP contribution in [0.25, 0.3) is 0 Å². The van der Waals surface area contributed by atoms with E-state index < -0.39 is 0 Å². The molecule has 1 aromatic rings. The molecule has 5 heteroatoms. The minimum Gasteiger partial charge on any atom is -0.444 e. The van der Waals surface area contributed by atoms with E-state index in [0.717, 1.165) is 32.2 Å². The van der Waals surface area contributed by atoms with E-state index in [4.69, 9.17) is 4.42 Å². The predicted molar refractivity (Wildman–Crippen MR) is 66.9 cm³/mol. The quantitative estimate of drug-likeness (QED) is 0.837. The molecule has 0 atom stereocenters. The monoisotopic (exact) mass is 298 g/mol. The Morgan fingerprint density at radius 1 is 1.24 bits per heavy atom. The number of hydrogen-bond donors (Lipinski definition) is 0. The van der Waals surface area contributed by atoms with Crippen LogP contribution in [0.2, 0.25) is 0 Å². The fraction of sp³-hybridized carbons (Fsp3) is 0.583. The number of nitrogens with zero attached hydrogens (tertiary/aromatic N) is 2. The van der Waals surface area contributed by atoms with Gasteiger partial charge < -0.3 is 9.32 Å². The zero-order chi connectivity index (χ0) is 11.8. The lowest BCUT2D eigenvalue weighted by Gasteiger charge is -2.34. The third-order valence-electron chi connectivity index (χ3n) is 3.45. The van der Waals surface area contributed by atoms with Crippen molar-refractivity contribution in [2.24, 2.45) is 0 Å².